The van der Waals surface area contributed by atoms with E-state index in [9.17, 15) is 4.79 Å². The number of hydrogen-bond acceptors (Lipinski definition) is 3. The minimum atomic E-state index is -0.617. The number of carbonyl (C=O) groups is 1. The maximum absolute atomic E-state index is 12.3. The van der Waals surface area contributed by atoms with Gasteiger partial charge in [-0.1, -0.05) is 17.7 Å². The van der Waals surface area contributed by atoms with Crippen molar-refractivity contribution in [3.63, 3.8) is 0 Å². The number of carbonyl (C=O) groups excluding carboxylic acids is 1. The quantitative estimate of drug-likeness (QED) is 0.941. The number of amides is 1. The molecule has 0 radical (unpaired) electrons. The summed E-state index contributed by atoms with van der Waals surface area (Å²) < 4.78 is 7.69. The monoisotopic (exact) mass is 319 g/mol. The average molecular weight is 320 g/mol. The molecule has 0 fully saturated rings. The van der Waals surface area contributed by atoms with Crippen LogP contribution in [0.2, 0.25) is 5.02 Å². The van der Waals surface area contributed by atoms with Gasteiger partial charge in [0.25, 0.3) is 5.91 Å². The Morgan fingerprint density at radius 1 is 1.45 bits per heavy atom. The Morgan fingerprint density at radius 2 is 2.32 bits per heavy atom. The summed E-state index contributed by atoms with van der Waals surface area (Å²) in [6.45, 7) is 2.61. The van der Waals surface area contributed by atoms with E-state index in [1.807, 2.05) is 0 Å². The molecular weight excluding hydrogens is 302 g/mol. The van der Waals surface area contributed by atoms with E-state index in [4.69, 9.17) is 16.3 Å². The second kappa shape index (κ2) is 6.40. The highest BCUT2D eigenvalue weighted by Crippen LogP contribution is 2.21. The number of aryl methyl sites for hydroxylation is 1. The van der Waals surface area contributed by atoms with E-state index in [1.165, 1.54) is 0 Å². The highest BCUT2D eigenvalue weighted by Gasteiger charge is 2.19. The molecule has 1 aromatic heterocycles. The van der Waals surface area contributed by atoms with Gasteiger partial charge in [-0.25, -0.2) is 4.98 Å². The number of nitrogens with one attached hydrogen (secondary N) is 1. The Balaban J connectivity index is 1.65. The second-order valence-electron chi connectivity index (χ2n) is 5.38. The highest BCUT2D eigenvalue weighted by molar-refractivity contribution is 6.30. The van der Waals surface area contributed by atoms with Gasteiger partial charge in [-0.05, 0) is 38.0 Å². The van der Waals surface area contributed by atoms with Crippen LogP contribution in [-0.4, -0.2) is 21.6 Å². The van der Waals surface area contributed by atoms with Crippen LogP contribution in [0.15, 0.2) is 30.5 Å². The van der Waals surface area contributed by atoms with Gasteiger partial charge in [-0.15, -0.1) is 0 Å². The molecule has 0 saturated heterocycles. The first-order valence-electron chi connectivity index (χ1n) is 7.41. The summed E-state index contributed by atoms with van der Waals surface area (Å²) >= 11 is 5.91. The number of rotatable bonds is 4. The molecule has 1 aliphatic rings. The second-order valence-corrected chi connectivity index (χ2v) is 5.81. The van der Waals surface area contributed by atoms with Gasteiger partial charge in [-0.2, -0.15) is 0 Å². The van der Waals surface area contributed by atoms with E-state index >= 15 is 0 Å². The normalized spacial score (nSPS) is 15.0. The third-order valence-electron chi connectivity index (χ3n) is 3.70. The van der Waals surface area contributed by atoms with Crippen LogP contribution >= 0.6 is 11.6 Å². The smallest absolute Gasteiger partial charge is 0.266 e. The van der Waals surface area contributed by atoms with Gasteiger partial charge >= 0.3 is 0 Å². The molecule has 1 amide bonds. The minimum absolute atomic E-state index is 0.201. The van der Waals surface area contributed by atoms with Gasteiger partial charge in [0.1, 0.15) is 17.4 Å². The number of imidazole rings is 1. The lowest BCUT2D eigenvalue weighted by atomic mass is 10.2. The number of fused-ring (bicyclic) bond motifs is 1. The van der Waals surface area contributed by atoms with Crippen LogP contribution in [0.4, 0.5) is 5.82 Å². The molecule has 0 bridgehead atoms. The van der Waals surface area contributed by atoms with Gasteiger partial charge in [0.05, 0.1) is 6.20 Å². The van der Waals surface area contributed by atoms with Gasteiger partial charge < -0.3 is 14.6 Å². The number of nitrogens with zero attached hydrogens (tertiary/aromatic N) is 2. The average Bonchev–Trinajstić information content (AvgIpc) is 2.90. The molecule has 1 atom stereocenters. The molecule has 1 aromatic carbocycles. The predicted octanol–water partition coefficient (Wildman–Crippen LogP) is 3.28. The Morgan fingerprint density at radius 3 is 3.14 bits per heavy atom. The first kappa shape index (κ1) is 14.9. The summed E-state index contributed by atoms with van der Waals surface area (Å²) in [5, 5.41) is 3.47. The summed E-state index contributed by atoms with van der Waals surface area (Å²) in [5.41, 5.74) is 0. The molecule has 116 valence electrons. The van der Waals surface area contributed by atoms with E-state index in [2.05, 4.69) is 14.9 Å². The molecule has 0 aliphatic carbocycles. The van der Waals surface area contributed by atoms with Crippen molar-refractivity contribution in [2.45, 2.75) is 38.8 Å². The third kappa shape index (κ3) is 3.25. The largest absolute Gasteiger partial charge is 0.481 e. The van der Waals surface area contributed by atoms with Crippen molar-refractivity contribution in [3.05, 3.63) is 41.3 Å². The van der Waals surface area contributed by atoms with Crippen LogP contribution in [-0.2, 0) is 17.8 Å². The zero-order valence-electron chi connectivity index (χ0n) is 12.4. The molecule has 22 heavy (non-hydrogen) atoms. The first-order valence-corrected chi connectivity index (χ1v) is 7.79. The molecule has 2 aromatic rings. The topological polar surface area (TPSA) is 56.1 Å². The van der Waals surface area contributed by atoms with Crippen molar-refractivity contribution in [1.82, 2.24) is 9.55 Å². The summed E-state index contributed by atoms with van der Waals surface area (Å²) in [7, 11) is 0. The predicted molar refractivity (Wildman–Crippen MR) is 85.3 cm³/mol. The summed E-state index contributed by atoms with van der Waals surface area (Å²) in [5.74, 6) is 2.14. The van der Waals surface area contributed by atoms with Gasteiger partial charge in [0.15, 0.2) is 6.10 Å². The van der Waals surface area contributed by atoms with Gasteiger partial charge in [0.2, 0.25) is 0 Å². The molecule has 1 aliphatic heterocycles. The first-order chi connectivity index (χ1) is 10.6. The molecule has 5 nitrogen and oxygen atoms in total. The van der Waals surface area contributed by atoms with E-state index in [0.29, 0.717) is 10.8 Å². The molecule has 0 saturated carbocycles. The fourth-order valence-corrected chi connectivity index (χ4v) is 2.72. The lowest BCUT2D eigenvalue weighted by molar-refractivity contribution is -0.122. The van der Waals surface area contributed by atoms with Crippen molar-refractivity contribution in [1.29, 1.82) is 0 Å². The summed E-state index contributed by atoms with van der Waals surface area (Å²) in [6, 6.07) is 7.01. The van der Waals surface area contributed by atoms with Gasteiger partial charge in [-0.3, -0.25) is 4.79 Å². The number of aromatic nitrogens is 2. The standard InChI is InChI=1S/C16H18ClN3O2/c1-11(22-13-6-4-5-12(17)9-13)16(21)19-15-10-18-14-7-2-3-8-20(14)15/h4-6,9-11H,2-3,7-8H2,1H3,(H,19,21)/t11-/m0/s1. The fourth-order valence-electron chi connectivity index (χ4n) is 2.54. The van der Waals surface area contributed by atoms with Crippen LogP contribution in [0, 0.1) is 0 Å². The molecular formula is C16H18ClN3O2. The zero-order chi connectivity index (χ0) is 15.5. The molecule has 0 spiro atoms. The number of ether oxygens (including phenoxy) is 1. The molecule has 1 N–H and O–H groups in total. The molecule has 0 unspecified atom stereocenters. The van der Waals surface area contributed by atoms with Crippen LogP contribution < -0.4 is 10.1 Å². The van der Waals surface area contributed by atoms with Crippen LogP contribution in [0.5, 0.6) is 5.75 Å². The Labute approximate surface area is 134 Å². The van der Waals surface area contributed by atoms with Crippen molar-refractivity contribution >= 4 is 23.3 Å². The number of anilines is 1. The lowest BCUT2D eigenvalue weighted by Crippen LogP contribution is -2.31. The maximum Gasteiger partial charge on any atom is 0.266 e. The van der Waals surface area contributed by atoms with Crippen LogP contribution in [0.25, 0.3) is 0 Å². The van der Waals surface area contributed by atoms with E-state index in [0.717, 1.165) is 37.4 Å². The van der Waals surface area contributed by atoms with E-state index in [1.54, 1.807) is 37.4 Å². The Bertz CT molecular complexity index is 684. The van der Waals surface area contributed by atoms with Crippen molar-refractivity contribution in [3.8, 4) is 5.75 Å². The molecule has 2 heterocycles. The van der Waals surface area contributed by atoms with Crippen molar-refractivity contribution < 1.29 is 9.53 Å². The Hall–Kier alpha value is -2.01. The van der Waals surface area contributed by atoms with Crippen molar-refractivity contribution in [2.75, 3.05) is 5.32 Å². The molecule has 6 heteroatoms. The third-order valence-corrected chi connectivity index (χ3v) is 3.93. The highest BCUT2D eigenvalue weighted by atomic mass is 35.5. The SMILES string of the molecule is C[C@H](Oc1cccc(Cl)c1)C(=O)Nc1cnc2n1CCCC2. The number of benzene rings is 1. The van der Waals surface area contributed by atoms with Gasteiger partial charge in [0, 0.05) is 18.0 Å². The Kier molecular flexibility index (Phi) is 4.34. The summed E-state index contributed by atoms with van der Waals surface area (Å²) in [4.78, 5) is 16.6. The van der Waals surface area contributed by atoms with Crippen LogP contribution in [0.1, 0.15) is 25.6 Å². The molecule has 3 rings (SSSR count). The number of halogens is 1. The zero-order valence-corrected chi connectivity index (χ0v) is 13.1. The lowest BCUT2D eigenvalue weighted by Gasteiger charge is -2.18. The minimum Gasteiger partial charge on any atom is -0.481 e. The fraction of sp³-hybridized carbons (Fsp3) is 0.375. The summed E-state index contributed by atoms with van der Waals surface area (Å²) in [6.07, 6.45) is 4.32. The maximum atomic E-state index is 12.3. The van der Waals surface area contributed by atoms with Crippen molar-refractivity contribution in [2.24, 2.45) is 0 Å². The van der Waals surface area contributed by atoms with E-state index < -0.39 is 6.10 Å². The van der Waals surface area contributed by atoms with E-state index in [-0.39, 0.29) is 5.91 Å². The number of hydrogen-bond donors (Lipinski definition) is 1. The van der Waals surface area contributed by atoms with Crippen LogP contribution in [0.3, 0.4) is 0 Å².